The van der Waals surface area contributed by atoms with Gasteiger partial charge in [0.05, 0.1) is 23.4 Å². The quantitative estimate of drug-likeness (QED) is 0.517. The van der Waals surface area contributed by atoms with Gasteiger partial charge in [-0.2, -0.15) is 0 Å². The third kappa shape index (κ3) is 3.24. The minimum absolute atomic E-state index is 0.0943. The molecule has 2 aromatic carbocycles. The zero-order valence-corrected chi connectivity index (χ0v) is 16.0. The number of amides is 1. The van der Waals surface area contributed by atoms with Gasteiger partial charge in [0.1, 0.15) is 0 Å². The van der Waals surface area contributed by atoms with Crippen LogP contribution in [0, 0.1) is 17.5 Å². The first-order valence-corrected chi connectivity index (χ1v) is 9.35. The molecule has 3 aromatic rings. The van der Waals surface area contributed by atoms with E-state index in [4.69, 9.17) is 4.74 Å². The molecular weight excluding hydrogens is 397 g/mol. The maximum atomic E-state index is 14.2. The number of hydrogen-bond donors (Lipinski definition) is 1. The zero-order chi connectivity index (χ0) is 21.4. The Morgan fingerprint density at radius 3 is 2.63 bits per heavy atom. The largest absolute Gasteiger partial charge is 0.462 e. The average Bonchev–Trinajstić information content (AvgIpc) is 2.99. The summed E-state index contributed by atoms with van der Waals surface area (Å²) in [6.45, 7) is 1.88. The van der Waals surface area contributed by atoms with E-state index in [1.807, 2.05) is 24.3 Å². The van der Waals surface area contributed by atoms with Crippen LogP contribution in [0.15, 0.2) is 42.6 Å². The molecule has 8 heteroatoms. The number of halogens is 3. The fourth-order valence-corrected chi connectivity index (χ4v) is 3.58. The number of esters is 1. The summed E-state index contributed by atoms with van der Waals surface area (Å²) >= 11 is 0. The van der Waals surface area contributed by atoms with Crippen LogP contribution in [0.25, 0.3) is 16.5 Å². The first-order chi connectivity index (χ1) is 14.4. The number of rotatable bonds is 3. The molecule has 0 saturated carbocycles. The molecule has 0 bridgehead atoms. The van der Waals surface area contributed by atoms with Crippen molar-refractivity contribution in [3.05, 3.63) is 76.9 Å². The predicted molar refractivity (Wildman–Crippen MR) is 104 cm³/mol. The maximum Gasteiger partial charge on any atom is 0.341 e. The number of nitrogens with zero attached hydrogens (tertiary/aromatic N) is 1. The fourth-order valence-electron chi connectivity index (χ4n) is 3.58. The summed E-state index contributed by atoms with van der Waals surface area (Å²) in [5.41, 5.74) is 1.62. The molecule has 0 fully saturated rings. The maximum absolute atomic E-state index is 14.2. The molecule has 1 amide bonds. The Morgan fingerprint density at radius 1 is 1.10 bits per heavy atom. The van der Waals surface area contributed by atoms with Crippen molar-refractivity contribution in [3.8, 4) is 0 Å². The molecule has 0 spiro atoms. The van der Waals surface area contributed by atoms with Crippen molar-refractivity contribution in [1.29, 1.82) is 0 Å². The lowest BCUT2D eigenvalue weighted by atomic mass is 10.0. The molecule has 154 valence electrons. The molecule has 1 aliphatic rings. The van der Waals surface area contributed by atoms with Crippen molar-refractivity contribution in [3.63, 3.8) is 0 Å². The second-order valence-electron chi connectivity index (χ2n) is 6.76. The van der Waals surface area contributed by atoms with Crippen molar-refractivity contribution in [2.75, 3.05) is 13.2 Å². The number of benzene rings is 2. The normalized spacial score (nSPS) is 13.6. The van der Waals surface area contributed by atoms with Gasteiger partial charge in [0.15, 0.2) is 17.5 Å². The number of carbonyl (C=O) groups excluding carboxylic acids is 2. The molecule has 0 radical (unpaired) electrons. The minimum atomic E-state index is -1.72. The van der Waals surface area contributed by atoms with Crippen LogP contribution in [0.5, 0.6) is 0 Å². The molecular formula is C22H17F3N2O3. The summed E-state index contributed by atoms with van der Waals surface area (Å²) < 4.78 is 46.2. The van der Waals surface area contributed by atoms with Gasteiger partial charge < -0.3 is 14.6 Å². The highest BCUT2D eigenvalue weighted by atomic mass is 19.2. The van der Waals surface area contributed by atoms with E-state index in [0.717, 1.165) is 27.4 Å². The van der Waals surface area contributed by atoms with E-state index >= 15 is 0 Å². The van der Waals surface area contributed by atoms with Crippen LogP contribution in [-0.4, -0.2) is 34.9 Å². The number of para-hydroxylation sites is 1. The standard InChI is InChI=1S/C22H17F3N2O3/c1-2-30-22(29)15-11-27(21(28)14-7-8-16(23)19(25)18(14)24)10-9-13-12-5-3-4-6-17(12)26-20(13)15/h3-8,11,26H,2,9-10H2,1H3. The van der Waals surface area contributed by atoms with Crippen LogP contribution in [-0.2, 0) is 16.0 Å². The molecule has 1 aliphatic heterocycles. The van der Waals surface area contributed by atoms with Crippen LogP contribution >= 0.6 is 0 Å². The Hall–Kier alpha value is -3.55. The Bertz CT molecular complexity index is 1200. The van der Waals surface area contributed by atoms with Crippen molar-refractivity contribution >= 4 is 28.4 Å². The minimum Gasteiger partial charge on any atom is -0.462 e. The topological polar surface area (TPSA) is 62.4 Å². The lowest BCUT2D eigenvalue weighted by Crippen LogP contribution is -2.29. The molecule has 0 aliphatic carbocycles. The summed E-state index contributed by atoms with van der Waals surface area (Å²) in [5, 5.41) is 0.885. The summed E-state index contributed by atoms with van der Waals surface area (Å²) in [6, 6.07) is 9.04. The highest BCUT2D eigenvalue weighted by Crippen LogP contribution is 2.32. The van der Waals surface area contributed by atoms with E-state index < -0.39 is 34.9 Å². The van der Waals surface area contributed by atoms with Crippen molar-refractivity contribution in [1.82, 2.24) is 9.88 Å². The monoisotopic (exact) mass is 414 g/mol. The Balaban J connectivity index is 1.81. The van der Waals surface area contributed by atoms with Crippen LogP contribution in [0.2, 0.25) is 0 Å². The number of nitrogens with one attached hydrogen (secondary N) is 1. The van der Waals surface area contributed by atoms with E-state index in [2.05, 4.69) is 4.98 Å². The van der Waals surface area contributed by atoms with Crippen LogP contribution in [0.3, 0.4) is 0 Å². The van der Waals surface area contributed by atoms with Gasteiger partial charge in [-0.15, -0.1) is 0 Å². The van der Waals surface area contributed by atoms with Crippen molar-refractivity contribution in [2.45, 2.75) is 13.3 Å². The van der Waals surface area contributed by atoms with Gasteiger partial charge in [0.25, 0.3) is 5.91 Å². The number of carbonyl (C=O) groups is 2. The number of fused-ring (bicyclic) bond motifs is 3. The summed E-state index contributed by atoms with van der Waals surface area (Å²) in [4.78, 5) is 29.8. The molecule has 0 atom stereocenters. The highest BCUT2D eigenvalue weighted by molar-refractivity contribution is 6.18. The van der Waals surface area contributed by atoms with E-state index in [9.17, 15) is 22.8 Å². The van der Waals surface area contributed by atoms with E-state index in [0.29, 0.717) is 18.2 Å². The molecule has 30 heavy (non-hydrogen) atoms. The first-order valence-electron chi connectivity index (χ1n) is 9.35. The molecule has 2 heterocycles. The molecule has 5 nitrogen and oxygen atoms in total. The SMILES string of the molecule is CCOC(=O)C1=CN(C(=O)c2ccc(F)c(F)c2F)CCc2c1[nH]c1ccccc21. The van der Waals surface area contributed by atoms with Gasteiger partial charge in [-0.3, -0.25) is 4.79 Å². The summed E-state index contributed by atoms with van der Waals surface area (Å²) in [6.07, 6.45) is 1.62. The first kappa shape index (κ1) is 19.8. The van der Waals surface area contributed by atoms with Crippen molar-refractivity contribution in [2.24, 2.45) is 0 Å². The second kappa shape index (κ2) is 7.70. The van der Waals surface area contributed by atoms with Gasteiger partial charge >= 0.3 is 5.97 Å². The van der Waals surface area contributed by atoms with E-state index in [-0.39, 0.29) is 18.7 Å². The van der Waals surface area contributed by atoms with E-state index in [1.165, 1.54) is 6.20 Å². The van der Waals surface area contributed by atoms with E-state index in [1.54, 1.807) is 6.92 Å². The Morgan fingerprint density at radius 2 is 1.87 bits per heavy atom. The van der Waals surface area contributed by atoms with Gasteiger partial charge in [-0.1, -0.05) is 18.2 Å². The molecule has 0 unspecified atom stereocenters. The third-order valence-electron chi connectivity index (χ3n) is 4.99. The lowest BCUT2D eigenvalue weighted by molar-refractivity contribution is -0.136. The number of aromatic amines is 1. The van der Waals surface area contributed by atoms with Crippen LogP contribution in [0.1, 0.15) is 28.5 Å². The van der Waals surface area contributed by atoms with Gasteiger partial charge in [-0.25, -0.2) is 18.0 Å². The predicted octanol–water partition coefficient (Wildman–Crippen LogP) is 4.19. The van der Waals surface area contributed by atoms with Crippen molar-refractivity contribution < 1.29 is 27.5 Å². The molecule has 1 N–H and O–H groups in total. The molecule has 4 rings (SSSR count). The van der Waals surface area contributed by atoms with Gasteiger partial charge in [0, 0.05) is 23.6 Å². The number of hydrogen-bond acceptors (Lipinski definition) is 3. The third-order valence-corrected chi connectivity index (χ3v) is 4.99. The van der Waals surface area contributed by atoms with Gasteiger partial charge in [0.2, 0.25) is 0 Å². The lowest BCUT2D eigenvalue weighted by Gasteiger charge is -2.18. The number of H-pyrrole nitrogens is 1. The number of ether oxygens (including phenoxy) is 1. The van der Waals surface area contributed by atoms with Crippen LogP contribution in [0.4, 0.5) is 13.2 Å². The zero-order valence-electron chi connectivity index (χ0n) is 16.0. The summed E-state index contributed by atoms with van der Waals surface area (Å²) in [5.74, 6) is -6.22. The second-order valence-corrected chi connectivity index (χ2v) is 6.76. The smallest absolute Gasteiger partial charge is 0.341 e. The fraction of sp³-hybridized carbons (Fsp3) is 0.182. The highest BCUT2D eigenvalue weighted by Gasteiger charge is 2.29. The molecule has 1 aromatic heterocycles. The average molecular weight is 414 g/mol. The Labute approximate surface area is 169 Å². The summed E-state index contributed by atoms with van der Waals surface area (Å²) in [7, 11) is 0. The Kier molecular flexibility index (Phi) is 5.07. The van der Waals surface area contributed by atoms with Crippen LogP contribution < -0.4 is 0 Å². The van der Waals surface area contributed by atoms with Gasteiger partial charge in [-0.05, 0) is 37.1 Å². The number of aromatic nitrogens is 1. The molecule has 0 saturated heterocycles.